The van der Waals surface area contributed by atoms with Crippen molar-refractivity contribution < 1.29 is 13.5 Å². The predicted molar refractivity (Wildman–Crippen MR) is 54.6 cm³/mol. The van der Waals surface area contributed by atoms with E-state index in [1.165, 1.54) is 6.07 Å². The summed E-state index contributed by atoms with van der Waals surface area (Å²) < 4.78 is 28.6. The summed E-state index contributed by atoms with van der Waals surface area (Å²) in [7, 11) is 0. The molecule has 2 N–H and O–H groups in total. The Morgan fingerprint density at radius 3 is 2.64 bits per heavy atom. The van der Waals surface area contributed by atoms with Crippen molar-refractivity contribution in [2.24, 2.45) is 0 Å². The first-order chi connectivity index (χ1) is 6.54. The highest BCUT2D eigenvalue weighted by Crippen LogP contribution is 2.31. The Hall–Kier alpha value is -0.840. The molecular weight excluding hydrogens is 256 g/mol. The molecule has 1 aromatic carbocycles. The summed E-state index contributed by atoms with van der Waals surface area (Å²) in [6, 6.07) is 3.09. The first-order valence-electron chi connectivity index (χ1n) is 4.07. The number of aryl methyl sites for hydroxylation is 1. The predicted octanol–water partition coefficient (Wildman–Crippen LogP) is 3.20. The molecule has 0 aromatic heterocycles. The average molecular weight is 266 g/mol. The van der Waals surface area contributed by atoms with Crippen LogP contribution in [0.4, 0.5) is 14.5 Å². The summed E-state index contributed by atoms with van der Waals surface area (Å²) >= 11 is 3.14. The van der Waals surface area contributed by atoms with Crippen molar-refractivity contribution in [1.29, 1.82) is 0 Å². The van der Waals surface area contributed by atoms with Crippen LogP contribution in [0, 0.1) is 0 Å². The van der Waals surface area contributed by atoms with Crippen molar-refractivity contribution in [3.63, 3.8) is 0 Å². The summed E-state index contributed by atoms with van der Waals surface area (Å²) in [4.78, 5) is 0. The molecule has 0 spiro atoms. The van der Waals surface area contributed by atoms with Crippen molar-refractivity contribution in [2.45, 2.75) is 20.0 Å². The molecule has 0 aliphatic heterocycles. The fourth-order valence-electron chi connectivity index (χ4n) is 1.10. The molecule has 14 heavy (non-hydrogen) atoms. The number of anilines is 1. The molecule has 0 atom stereocenters. The maximum atomic E-state index is 11.9. The van der Waals surface area contributed by atoms with Crippen LogP contribution in [0.15, 0.2) is 16.6 Å². The molecule has 78 valence electrons. The molecule has 1 aromatic rings. The number of rotatable bonds is 3. The van der Waals surface area contributed by atoms with Crippen LogP contribution in [0.1, 0.15) is 12.5 Å². The zero-order valence-corrected chi connectivity index (χ0v) is 9.14. The van der Waals surface area contributed by atoms with Crippen LogP contribution in [0.5, 0.6) is 5.75 Å². The van der Waals surface area contributed by atoms with Gasteiger partial charge in [0, 0.05) is 11.8 Å². The molecule has 0 saturated heterocycles. The van der Waals surface area contributed by atoms with Gasteiger partial charge < -0.3 is 10.5 Å². The van der Waals surface area contributed by atoms with E-state index in [9.17, 15) is 8.78 Å². The Labute approximate surface area is 89.2 Å². The van der Waals surface area contributed by atoms with Crippen LogP contribution in [-0.2, 0) is 6.42 Å². The van der Waals surface area contributed by atoms with Gasteiger partial charge in [-0.15, -0.1) is 0 Å². The van der Waals surface area contributed by atoms with E-state index in [0.717, 1.165) is 12.0 Å². The van der Waals surface area contributed by atoms with Crippen LogP contribution in [0.2, 0.25) is 0 Å². The van der Waals surface area contributed by atoms with Crippen LogP contribution >= 0.6 is 15.9 Å². The van der Waals surface area contributed by atoms with Gasteiger partial charge in [-0.25, -0.2) is 0 Å². The SMILES string of the molecule is CCc1cc(Br)c(OC(F)F)cc1N. The second kappa shape index (κ2) is 4.59. The van der Waals surface area contributed by atoms with Gasteiger partial charge in [0.15, 0.2) is 0 Å². The van der Waals surface area contributed by atoms with E-state index in [2.05, 4.69) is 20.7 Å². The number of nitrogens with two attached hydrogens (primary N) is 1. The largest absolute Gasteiger partial charge is 0.434 e. The average Bonchev–Trinajstić information content (AvgIpc) is 2.10. The molecule has 0 amide bonds. The summed E-state index contributed by atoms with van der Waals surface area (Å²) in [5, 5.41) is 0. The molecule has 0 aliphatic carbocycles. The first kappa shape index (κ1) is 11.2. The van der Waals surface area contributed by atoms with Gasteiger partial charge in [-0.05, 0) is 34.0 Å². The van der Waals surface area contributed by atoms with Gasteiger partial charge in [0.2, 0.25) is 0 Å². The first-order valence-corrected chi connectivity index (χ1v) is 4.86. The zero-order chi connectivity index (χ0) is 10.7. The van der Waals surface area contributed by atoms with Crippen LogP contribution in [0.25, 0.3) is 0 Å². The lowest BCUT2D eigenvalue weighted by molar-refractivity contribution is -0.0503. The highest BCUT2D eigenvalue weighted by Gasteiger charge is 2.10. The maximum absolute atomic E-state index is 11.9. The molecular formula is C9H10BrF2NO. The van der Waals surface area contributed by atoms with E-state index >= 15 is 0 Å². The number of nitrogen functional groups attached to an aromatic ring is 1. The molecule has 0 aliphatic rings. The minimum Gasteiger partial charge on any atom is -0.434 e. The van der Waals surface area contributed by atoms with Crippen LogP contribution in [0.3, 0.4) is 0 Å². The molecule has 0 unspecified atom stereocenters. The molecule has 5 heteroatoms. The van der Waals surface area contributed by atoms with Crippen molar-refractivity contribution in [3.05, 3.63) is 22.2 Å². The maximum Gasteiger partial charge on any atom is 0.387 e. The number of hydrogen-bond donors (Lipinski definition) is 1. The topological polar surface area (TPSA) is 35.2 Å². The minimum atomic E-state index is -2.84. The molecule has 0 bridgehead atoms. The van der Waals surface area contributed by atoms with Crippen molar-refractivity contribution in [2.75, 3.05) is 5.73 Å². The fraction of sp³-hybridized carbons (Fsp3) is 0.333. The van der Waals surface area contributed by atoms with E-state index in [0.29, 0.717) is 10.2 Å². The van der Waals surface area contributed by atoms with Gasteiger partial charge in [0.25, 0.3) is 0 Å². The van der Waals surface area contributed by atoms with Crippen molar-refractivity contribution in [1.82, 2.24) is 0 Å². The van der Waals surface area contributed by atoms with Gasteiger partial charge in [-0.1, -0.05) is 6.92 Å². The standard InChI is InChI=1S/C9H10BrF2NO/c1-2-5-3-6(10)8(4-7(5)13)14-9(11)12/h3-4,9H,2,13H2,1H3. The molecule has 0 radical (unpaired) electrons. The Bertz CT molecular complexity index is 331. The number of benzene rings is 1. The van der Waals surface area contributed by atoms with E-state index in [1.807, 2.05) is 6.92 Å². The Balaban J connectivity index is 3.02. The van der Waals surface area contributed by atoms with Crippen LogP contribution < -0.4 is 10.5 Å². The molecule has 2 nitrogen and oxygen atoms in total. The zero-order valence-electron chi connectivity index (χ0n) is 7.56. The Morgan fingerprint density at radius 2 is 2.14 bits per heavy atom. The third-order valence-corrected chi connectivity index (χ3v) is 2.41. The quantitative estimate of drug-likeness (QED) is 0.852. The summed E-state index contributed by atoms with van der Waals surface area (Å²) in [5.74, 6) is 0.0645. The summed E-state index contributed by atoms with van der Waals surface area (Å²) in [6.45, 7) is -0.899. The Kier molecular flexibility index (Phi) is 3.69. The molecule has 0 fully saturated rings. The van der Waals surface area contributed by atoms with E-state index in [4.69, 9.17) is 5.73 Å². The van der Waals surface area contributed by atoms with Gasteiger partial charge in [-0.2, -0.15) is 8.78 Å². The number of halogens is 3. The third kappa shape index (κ3) is 2.57. The van der Waals surface area contributed by atoms with Gasteiger partial charge >= 0.3 is 6.61 Å². The molecule has 1 rings (SSSR count). The lowest BCUT2D eigenvalue weighted by Crippen LogP contribution is -2.04. The highest BCUT2D eigenvalue weighted by atomic mass is 79.9. The van der Waals surface area contributed by atoms with Gasteiger partial charge in [0.05, 0.1) is 4.47 Å². The summed E-state index contributed by atoms with van der Waals surface area (Å²) in [5.41, 5.74) is 7.00. The fourth-order valence-corrected chi connectivity index (χ4v) is 1.59. The normalized spacial score (nSPS) is 10.6. The van der Waals surface area contributed by atoms with Crippen LogP contribution in [-0.4, -0.2) is 6.61 Å². The van der Waals surface area contributed by atoms with Gasteiger partial charge in [-0.3, -0.25) is 0 Å². The monoisotopic (exact) mass is 265 g/mol. The minimum absolute atomic E-state index is 0.0645. The van der Waals surface area contributed by atoms with E-state index in [-0.39, 0.29) is 5.75 Å². The van der Waals surface area contributed by atoms with E-state index in [1.54, 1.807) is 6.07 Å². The van der Waals surface area contributed by atoms with E-state index < -0.39 is 6.61 Å². The third-order valence-electron chi connectivity index (χ3n) is 1.79. The summed E-state index contributed by atoms with van der Waals surface area (Å²) in [6.07, 6.45) is 0.749. The van der Waals surface area contributed by atoms with Crippen molar-refractivity contribution >= 4 is 21.6 Å². The second-order valence-corrected chi connectivity index (χ2v) is 3.57. The number of hydrogen-bond acceptors (Lipinski definition) is 2. The Morgan fingerprint density at radius 1 is 1.50 bits per heavy atom. The number of alkyl halides is 2. The highest BCUT2D eigenvalue weighted by molar-refractivity contribution is 9.10. The smallest absolute Gasteiger partial charge is 0.387 e. The number of ether oxygens (including phenoxy) is 1. The lowest BCUT2D eigenvalue weighted by Gasteiger charge is -2.10. The molecule has 0 saturated carbocycles. The lowest BCUT2D eigenvalue weighted by atomic mass is 10.1. The van der Waals surface area contributed by atoms with Gasteiger partial charge in [0.1, 0.15) is 5.75 Å². The molecule has 0 heterocycles. The second-order valence-electron chi connectivity index (χ2n) is 2.71. The van der Waals surface area contributed by atoms with Crippen molar-refractivity contribution in [3.8, 4) is 5.75 Å².